The predicted octanol–water partition coefficient (Wildman–Crippen LogP) is 6.35. The second-order valence-corrected chi connectivity index (χ2v) is 8.89. The lowest BCUT2D eigenvalue weighted by Crippen LogP contribution is -2.35. The molecule has 1 heterocycles. The summed E-state index contributed by atoms with van der Waals surface area (Å²) in [6.45, 7) is 1.70. The van der Waals surface area contributed by atoms with Crippen LogP contribution in [0.3, 0.4) is 0 Å². The number of halogens is 2. The summed E-state index contributed by atoms with van der Waals surface area (Å²) in [4.78, 5) is 2.54. The Balaban J connectivity index is 1.24. The molecule has 0 bridgehead atoms. The topological polar surface area (TPSA) is 24.5 Å². The second kappa shape index (κ2) is 8.94. The zero-order chi connectivity index (χ0) is 19.5. The largest absolute Gasteiger partial charge is 0.471 e. The van der Waals surface area contributed by atoms with Gasteiger partial charge in [-0.2, -0.15) is 0 Å². The molecule has 4 rings (SSSR count). The third kappa shape index (κ3) is 4.59. The molecule has 3 nitrogen and oxygen atoms in total. The first kappa shape index (κ1) is 19.9. The number of aryl methyl sites for hydroxylation is 1. The normalized spacial score (nSPS) is 21.3. The summed E-state index contributed by atoms with van der Waals surface area (Å²) in [5.74, 6) is 1.67. The average Bonchev–Trinajstić information content (AvgIpc) is 3.17. The van der Waals surface area contributed by atoms with Gasteiger partial charge in [0.1, 0.15) is 5.75 Å². The van der Waals surface area contributed by atoms with Gasteiger partial charge in [-0.1, -0.05) is 35.3 Å². The maximum atomic E-state index is 6.29. The summed E-state index contributed by atoms with van der Waals surface area (Å²) >= 11 is 12.3. The first-order valence-electron chi connectivity index (χ1n) is 10.2. The zero-order valence-electron chi connectivity index (χ0n) is 16.4. The van der Waals surface area contributed by atoms with Gasteiger partial charge < -0.3 is 15.0 Å². The minimum absolute atomic E-state index is 0.595. The monoisotopic (exact) mass is 418 g/mol. The number of nitrogens with zero attached hydrogens (tertiary/aromatic N) is 1. The third-order valence-electron chi connectivity index (χ3n) is 6.26. The number of hydrogen-bond donors (Lipinski definition) is 1. The number of hydrogen-bond acceptors (Lipinski definition) is 3. The lowest BCUT2D eigenvalue weighted by Gasteiger charge is -2.35. The van der Waals surface area contributed by atoms with Crippen molar-refractivity contribution < 1.29 is 4.74 Å². The van der Waals surface area contributed by atoms with Gasteiger partial charge >= 0.3 is 0 Å². The number of benzene rings is 2. The Labute approximate surface area is 178 Å². The van der Waals surface area contributed by atoms with E-state index in [0.717, 1.165) is 35.8 Å². The number of anilines is 1. The van der Waals surface area contributed by atoms with Gasteiger partial charge in [0, 0.05) is 16.1 Å². The summed E-state index contributed by atoms with van der Waals surface area (Å²) < 4.78 is 5.65. The molecule has 1 aliphatic carbocycles. The fourth-order valence-electron chi connectivity index (χ4n) is 4.53. The fourth-order valence-corrected chi connectivity index (χ4v) is 5.03. The van der Waals surface area contributed by atoms with Crippen LogP contribution < -0.4 is 10.1 Å². The Morgan fingerprint density at radius 3 is 2.68 bits per heavy atom. The molecule has 0 amide bonds. The predicted molar refractivity (Wildman–Crippen MR) is 118 cm³/mol. The van der Waals surface area contributed by atoms with Crippen LogP contribution in [-0.2, 0) is 6.42 Å². The van der Waals surface area contributed by atoms with Gasteiger partial charge in [-0.05, 0) is 93.4 Å². The lowest BCUT2D eigenvalue weighted by molar-refractivity contribution is 0.181. The minimum Gasteiger partial charge on any atom is -0.471 e. The summed E-state index contributed by atoms with van der Waals surface area (Å²) in [6, 6.07) is 13.2. The van der Waals surface area contributed by atoms with Crippen LogP contribution in [0.25, 0.3) is 0 Å². The molecule has 0 atom stereocenters. The van der Waals surface area contributed by atoms with Gasteiger partial charge in [0.2, 0.25) is 0 Å². The van der Waals surface area contributed by atoms with Crippen molar-refractivity contribution in [2.24, 2.45) is 0 Å². The maximum Gasteiger partial charge on any atom is 0.159 e. The Morgan fingerprint density at radius 1 is 1.07 bits per heavy atom. The van der Waals surface area contributed by atoms with Crippen molar-refractivity contribution in [3.63, 3.8) is 0 Å². The quantitative estimate of drug-likeness (QED) is 0.591. The van der Waals surface area contributed by atoms with Crippen molar-refractivity contribution in [3.05, 3.63) is 57.6 Å². The van der Waals surface area contributed by atoms with E-state index < -0.39 is 0 Å². The fraction of sp³-hybridized carbons (Fsp3) is 0.478. The van der Waals surface area contributed by atoms with E-state index in [1.165, 1.54) is 36.8 Å². The van der Waals surface area contributed by atoms with Gasteiger partial charge in [-0.25, -0.2) is 0 Å². The molecule has 0 unspecified atom stereocenters. The summed E-state index contributed by atoms with van der Waals surface area (Å²) in [7, 11) is 2.27. The van der Waals surface area contributed by atoms with E-state index in [9.17, 15) is 0 Å². The van der Waals surface area contributed by atoms with E-state index >= 15 is 0 Å². The molecule has 2 aromatic carbocycles. The Morgan fingerprint density at radius 2 is 1.89 bits per heavy atom. The molecule has 1 fully saturated rings. The van der Waals surface area contributed by atoms with E-state index in [2.05, 4.69) is 35.5 Å². The van der Waals surface area contributed by atoms with Gasteiger partial charge in [0.05, 0.1) is 5.69 Å². The Kier molecular flexibility index (Phi) is 6.35. The van der Waals surface area contributed by atoms with E-state index in [-0.39, 0.29) is 0 Å². The molecule has 150 valence electrons. The van der Waals surface area contributed by atoms with Gasteiger partial charge in [0.15, 0.2) is 6.73 Å². The van der Waals surface area contributed by atoms with Crippen LogP contribution in [0.5, 0.6) is 5.75 Å². The molecule has 1 N–H and O–H groups in total. The number of nitrogens with one attached hydrogen (secondary N) is 1. The van der Waals surface area contributed by atoms with Crippen LogP contribution in [-0.4, -0.2) is 31.3 Å². The standard InChI is InChI=1S/C23H28Cl2N2O/c1-27(12-2-3-17-4-8-19(24)14-21(17)25)20-9-5-16(6-10-20)18-7-11-22-23(13-18)28-15-26-22/h4,7-8,11,13-14,16,20,26H,2-3,5-6,9-10,12,15H2,1H3. The van der Waals surface area contributed by atoms with Crippen LogP contribution in [0, 0.1) is 0 Å². The summed E-state index contributed by atoms with van der Waals surface area (Å²) in [5.41, 5.74) is 3.75. The number of ether oxygens (including phenoxy) is 1. The molecular weight excluding hydrogens is 391 g/mol. The number of rotatable bonds is 6. The molecule has 2 aromatic rings. The van der Waals surface area contributed by atoms with Crippen LogP contribution in [0.15, 0.2) is 36.4 Å². The van der Waals surface area contributed by atoms with E-state index in [1.54, 1.807) is 0 Å². The highest BCUT2D eigenvalue weighted by atomic mass is 35.5. The molecule has 5 heteroatoms. The first-order chi connectivity index (χ1) is 13.6. The first-order valence-corrected chi connectivity index (χ1v) is 11.0. The van der Waals surface area contributed by atoms with Crippen molar-refractivity contribution >= 4 is 28.9 Å². The molecule has 1 aliphatic heterocycles. The smallest absolute Gasteiger partial charge is 0.159 e. The van der Waals surface area contributed by atoms with Crippen LogP contribution >= 0.6 is 23.2 Å². The van der Waals surface area contributed by atoms with E-state index in [0.29, 0.717) is 23.7 Å². The average molecular weight is 419 g/mol. The highest BCUT2D eigenvalue weighted by molar-refractivity contribution is 6.35. The van der Waals surface area contributed by atoms with Crippen LogP contribution in [0.1, 0.15) is 49.1 Å². The van der Waals surface area contributed by atoms with Crippen molar-refractivity contribution in [1.82, 2.24) is 4.90 Å². The molecule has 0 saturated heterocycles. The highest BCUT2D eigenvalue weighted by Gasteiger charge is 2.25. The Hall–Kier alpha value is -1.42. The Bertz CT molecular complexity index is 818. The van der Waals surface area contributed by atoms with E-state index in [1.807, 2.05) is 18.2 Å². The molecular formula is C23H28Cl2N2O. The number of fused-ring (bicyclic) bond motifs is 1. The van der Waals surface area contributed by atoms with Gasteiger partial charge in [-0.3, -0.25) is 0 Å². The molecule has 28 heavy (non-hydrogen) atoms. The van der Waals surface area contributed by atoms with E-state index in [4.69, 9.17) is 27.9 Å². The van der Waals surface area contributed by atoms with Crippen molar-refractivity contribution in [3.8, 4) is 5.75 Å². The van der Waals surface area contributed by atoms with Gasteiger partial charge in [0.25, 0.3) is 0 Å². The highest BCUT2D eigenvalue weighted by Crippen LogP contribution is 2.38. The van der Waals surface area contributed by atoms with Crippen molar-refractivity contribution in [1.29, 1.82) is 0 Å². The van der Waals surface area contributed by atoms with Gasteiger partial charge in [-0.15, -0.1) is 0 Å². The molecule has 2 aliphatic rings. The van der Waals surface area contributed by atoms with Crippen molar-refractivity contribution in [2.75, 3.05) is 25.6 Å². The molecule has 1 saturated carbocycles. The van der Waals surface area contributed by atoms with Crippen LogP contribution in [0.4, 0.5) is 5.69 Å². The third-order valence-corrected chi connectivity index (χ3v) is 6.85. The SMILES string of the molecule is CN(CCCc1ccc(Cl)cc1Cl)C1CCC(c2ccc3c(c2)OCN3)CC1. The second-order valence-electron chi connectivity index (χ2n) is 8.05. The molecule has 0 aromatic heterocycles. The molecule has 0 spiro atoms. The lowest BCUT2D eigenvalue weighted by atomic mass is 9.81. The van der Waals surface area contributed by atoms with Crippen LogP contribution in [0.2, 0.25) is 10.0 Å². The summed E-state index contributed by atoms with van der Waals surface area (Å²) in [5, 5.41) is 4.73. The minimum atomic E-state index is 0.595. The zero-order valence-corrected chi connectivity index (χ0v) is 17.9. The maximum absolute atomic E-state index is 6.29. The summed E-state index contributed by atoms with van der Waals surface area (Å²) in [6.07, 6.45) is 7.15. The molecule has 0 radical (unpaired) electrons. The van der Waals surface area contributed by atoms with Crippen molar-refractivity contribution in [2.45, 2.75) is 50.5 Å².